The number of rotatable bonds is 5. The molecule has 1 amide bonds. The third kappa shape index (κ3) is 4.90. The van der Waals surface area contributed by atoms with E-state index >= 15 is 0 Å². The Morgan fingerprint density at radius 1 is 1.38 bits per heavy atom. The summed E-state index contributed by atoms with van der Waals surface area (Å²) >= 11 is 6.03. The highest BCUT2D eigenvalue weighted by Gasteiger charge is 2.15. The molecule has 0 unspecified atom stereocenters. The lowest BCUT2D eigenvalue weighted by Crippen LogP contribution is -2.28. The number of hydrogen-bond donors (Lipinski definition) is 2. The Hall–Kier alpha value is -1.26. The van der Waals surface area contributed by atoms with Crippen molar-refractivity contribution in [1.82, 2.24) is 5.32 Å². The third-order valence-electron chi connectivity index (χ3n) is 3.95. The zero-order chi connectivity index (χ0) is 15.2. The summed E-state index contributed by atoms with van der Waals surface area (Å²) in [5, 5.41) is 6.97. The number of piperidine rings is 1. The molecule has 1 aliphatic rings. The van der Waals surface area contributed by atoms with Crippen molar-refractivity contribution in [2.45, 2.75) is 25.7 Å². The van der Waals surface area contributed by atoms with Gasteiger partial charge in [-0.15, -0.1) is 0 Å². The van der Waals surface area contributed by atoms with Gasteiger partial charge in [0.2, 0.25) is 5.91 Å². The van der Waals surface area contributed by atoms with Crippen molar-refractivity contribution >= 4 is 28.9 Å². The van der Waals surface area contributed by atoms with Gasteiger partial charge in [-0.1, -0.05) is 11.6 Å². The van der Waals surface area contributed by atoms with Crippen LogP contribution < -0.4 is 15.5 Å². The van der Waals surface area contributed by atoms with E-state index in [0.717, 1.165) is 30.9 Å². The molecule has 1 aromatic rings. The van der Waals surface area contributed by atoms with E-state index in [4.69, 9.17) is 11.6 Å². The van der Waals surface area contributed by atoms with Crippen LogP contribution >= 0.6 is 11.6 Å². The predicted molar refractivity (Wildman–Crippen MR) is 89.2 cm³/mol. The molecular formula is C16H24ClN3O. The first-order valence-corrected chi connectivity index (χ1v) is 7.91. The summed E-state index contributed by atoms with van der Waals surface area (Å²) in [6.45, 7) is 2.15. The lowest BCUT2D eigenvalue weighted by atomic mass is 9.93. The van der Waals surface area contributed by atoms with E-state index in [1.165, 1.54) is 12.8 Å². The quantitative estimate of drug-likeness (QED) is 0.878. The van der Waals surface area contributed by atoms with Gasteiger partial charge in [0, 0.05) is 25.5 Å². The first-order valence-electron chi connectivity index (χ1n) is 7.53. The van der Waals surface area contributed by atoms with Gasteiger partial charge in [0.1, 0.15) is 0 Å². The molecule has 4 nitrogen and oxygen atoms in total. The van der Waals surface area contributed by atoms with Crippen molar-refractivity contribution in [2.75, 3.05) is 37.4 Å². The smallest absolute Gasteiger partial charge is 0.224 e. The van der Waals surface area contributed by atoms with Gasteiger partial charge in [0.05, 0.1) is 11.4 Å². The Morgan fingerprint density at radius 2 is 2.10 bits per heavy atom. The lowest BCUT2D eigenvalue weighted by molar-refractivity contribution is -0.116. The topological polar surface area (TPSA) is 44.4 Å². The fraction of sp³-hybridized carbons (Fsp3) is 0.562. The van der Waals surface area contributed by atoms with Gasteiger partial charge in [-0.05, 0) is 56.5 Å². The summed E-state index contributed by atoms with van der Waals surface area (Å²) in [4.78, 5) is 14.1. The normalized spacial score (nSPS) is 15.8. The van der Waals surface area contributed by atoms with E-state index < -0.39 is 0 Å². The summed E-state index contributed by atoms with van der Waals surface area (Å²) < 4.78 is 0. The van der Waals surface area contributed by atoms with Crippen molar-refractivity contribution < 1.29 is 4.79 Å². The van der Waals surface area contributed by atoms with E-state index in [0.29, 0.717) is 17.4 Å². The molecule has 0 radical (unpaired) electrons. The van der Waals surface area contributed by atoms with Gasteiger partial charge in [-0.2, -0.15) is 0 Å². The van der Waals surface area contributed by atoms with E-state index in [1.54, 1.807) is 6.07 Å². The number of amides is 1. The van der Waals surface area contributed by atoms with Crippen molar-refractivity contribution in [3.8, 4) is 0 Å². The van der Waals surface area contributed by atoms with Crippen molar-refractivity contribution in [3.05, 3.63) is 23.2 Å². The number of nitrogens with zero attached hydrogens (tertiary/aromatic N) is 1. The van der Waals surface area contributed by atoms with Crippen molar-refractivity contribution in [1.29, 1.82) is 0 Å². The van der Waals surface area contributed by atoms with Crippen LogP contribution in [0.25, 0.3) is 0 Å². The molecule has 1 aromatic carbocycles. The fourth-order valence-corrected chi connectivity index (χ4v) is 2.89. The van der Waals surface area contributed by atoms with Crippen LogP contribution in [-0.2, 0) is 4.79 Å². The standard InChI is InChI=1S/C16H24ClN3O/c1-20(2)15-5-4-13(17)11-14(15)19-16(21)6-3-12-7-9-18-10-8-12/h4-5,11-12,18H,3,6-10H2,1-2H3,(H,19,21). The Kier molecular flexibility index (Phi) is 5.88. The van der Waals surface area contributed by atoms with Crippen LogP contribution in [0.3, 0.4) is 0 Å². The molecule has 0 saturated carbocycles. The van der Waals surface area contributed by atoms with Crippen LogP contribution in [0, 0.1) is 5.92 Å². The molecule has 0 atom stereocenters. The van der Waals surface area contributed by atoms with Crippen LogP contribution in [0.15, 0.2) is 18.2 Å². The van der Waals surface area contributed by atoms with Gasteiger partial charge >= 0.3 is 0 Å². The highest BCUT2D eigenvalue weighted by molar-refractivity contribution is 6.31. The van der Waals surface area contributed by atoms with Crippen LogP contribution in [0.4, 0.5) is 11.4 Å². The largest absolute Gasteiger partial charge is 0.376 e. The molecule has 1 fully saturated rings. The maximum absolute atomic E-state index is 12.2. The first kappa shape index (κ1) is 16.1. The second kappa shape index (κ2) is 7.66. The summed E-state index contributed by atoms with van der Waals surface area (Å²) in [5.74, 6) is 0.739. The number of anilines is 2. The molecule has 1 heterocycles. The van der Waals surface area contributed by atoms with Gasteiger partial charge in [-0.3, -0.25) is 4.79 Å². The monoisotopic (exact) mass is 309 g/mol. The minimum absolute atomic E-state index is 0.0684. The number of nitrogens with one attached hydrogen (secondary N) is 2. The van der Waals surface area contributed by atoms with E-state index in [-0.39, 0.29) is 5.91 Å². The number of hydrogen-bond acceptors (Lipinski definition) is 3. The second-order valence-corrected chi connectivity index (χ2v) is 6.27. The number of carbonyl (C=O) groups excluding carboxylic acids is 1. The van der Waals surface area contributed by atoms with E-state index in [9.17, 15) is 4.79 Å². The Bertz CT molecular complexity index is 484. The Labute approximate surface area is 131 Å². The van der Waals surface area contributed by atoms with Gasteiger partial charge in [0.15, 0.2) is 0 Å². The zero-order valence-electron chi connectivity index (χ0n) is 12.8. The summed E-state index contributed by atoms with van der Waals surface area (Å²) in [6.07, 6.45) is 3.89. The highest BCUT2D eigenvalue weighted by atomic mass is 35.5. The summed E-state index contributed by atoms with van der Waals surface area (Å²) in [6, 6.07) is 5.56. The third-order valence-corrected chi connectivity index (χ3v) is 4.19. The van der Waals surface area contributed by atoms with Gasteiger partial charge in [0.25, 0.3) is 0 Å². The van der Waals surface area contributed by atoms with Crippen LogP contribution in [-0.4, -0.2) is 33.1 Å². The molecule has 2 rings (SSSR count). The summed E-state index contributed by atoms with van der Waals surface area (Å²) in [5.41, 5.74) is 1.75. The maximum Gasteiger partial charge on any atom is 0.224 e. The molecule has 5 heteroatoms. The summed E-state index contributed by atoms with van der Waals surface area (Å²) in [7, 11) is 3.90. The first-order chi connectivity index (χ1) is 10.1. The molecule has 2 N–H and O–H groups in total. The second-order valence-electron chi connectivity index (χ2n) is 5.84. The molecule has 0 aromatic heterocycles. The van der Waals surface area contributed by atoms with Crippen LogP contribution in [0.1, 0.15) is 25.7 Å². The van der Waals surface area contributed by atoms with Gasteiger partial charge < -0.3 is 15.5 Å². The average molecular weight is 310 g/mol. The number of halogens is 1. The molecular weight excluding hydrogens is 286 g/mol. The molecule has 0 spiro atoms. The molecule has 1 saturated heterocycles. The van der Waals surface area contributed by atoms with E-state index in [1.807, 2.05) is 31.1 Å². The predicted octanol–water partition coefficient (Wildman–Crippen LogP) is 3.12. The molecule has 21 heavy (non-hydrogen) atoms. The molecule has 116 valence electrons. The van der Waals surface area contributed by atoms with Crippen LogP contribution in [0.2, 0.25) is 5.02 Å². The van der Waals surface area contributed by atoms with Gasteiger partial charge in [-0.25, -0.2) is 0 Å². The average Bonchev–Trinajstić information content (AvgIpc) is 2.46. The minimum atomic E-state index is 0.0684. The SMILES string of the molecule is CN(C)c1ccc(Cl)cc1NC(=O)CCC1CCNCC1. The maximum atomic E-state index is 12.2. The van der Waals surface area contributed by atoms with Crippen molar-refractivity contribution in [2.24, 2.45) is 5.92 Å². The van der Waals surface area contributed by atoms with Crippen LogP contribution in [0.5, 0.6) is 0 Å². The zero-order valence-corrected chi connectivity index (χ0v) is 13.5. The number of carbonyl (C=O) groups is 1. The lowest BCUT2D eigenvalue weighted by Gasteiger charge is -2.22. The molecule has 0 aliphatic carbocycles. The fourth-order valence-electron chi connectivity index (χ4n) is 2.72. The van der Waals surface area contributed by atoms with Crippen molar-refractivity contribution in [3.63, 3.8) is 0 Å². The Balaban J connectivity index is 1.91. The highest BCUT2D eigenvalue weighted by Crippen LogP contribution is 2.28. The molecule has 0 bridgehead atoms. The van der Waals surface area contributed by atoms with E-state index in [2.05, 4.69) is 10.6 Å². The molecule has 1 aliphatic heterocycles. The number of benzene rings is 1. The minimum Gasteiger partial charge on any atom is -0.376 e. The Morgan fingerprint density at radius 3 is 2.76 bits per heavy atom.